The Bertz CT molecular complexity index is 968. The van der Waals surface area contributed by atoms with Gasteiger partial charge in [-0.15, -0.1) is 0 Å². The van der Waals surface area contributed by atoms with E-state index in [4.69, 9.17) is 9.73 Å². The van der Waals surface area contributed by atoms with Gasteiger partial charge in [-0.3, -0.25) is 14.9 Å². The topological polar surface area (TPSA) is 71.0 Å². The molecule has 30 heavy (non-hydrogen) atoms. The van der Waals surface area contributed by atoms with Crippen LogP contribution in [-0.4, -0.2) is 35.9 Å². The lowest BCUT2D eigenvalue weighted by molar-refractivity contribution is -0.153. The van der Waals surface area contributed by atoms with Crippen molar-refractivity contribution in [2.45, 2.75) is 39.3 Å². The van der Waals surface area contributed by atoms with Gasteiger partial charge in [0, 0.05) is 13.1 Å². The third kappa shape index (κ3) is 3.95. The van der Waals surface area contributed by atoms with Crippen LogP contribution in [0.4, 0.5) is 0 Å². The van der Waals surface area contributed by atoms with Gasteiger partial charge in [-0.25, -0.2) is 4.99 Å². The maximum atomic E-state index is 13.0. The van der Waals surface area contributed by atoms with E-state index >= 15 is 0 Å². The minimum Gasteiger partial charge on any atom is -0.465 e. The first-order chi connectivity index (χ1) is 14.6. The zero-order chi connectivity index (χ0) is 21.1. The number of hydrogen-bond donors (Lipinski definition) is 1. The van der Waals surface area contributed by atoms with Crippen LogP contribution in [0.5, 0.6) is 0 Å². The van der Waals surface area contributed by atoms with Gasteiger partial charge < -0.3 is 9.64 Å². The summed E-state index contributed by atoms with van der Waals surface area (Å²) >= 11 is 0. The summed E-state index contributed by atoms with van der Waals surface area (Å²) in [7, 11) is 0. The van der Waals surface area contributed by atoms with Crippen molar-refractivity contribution in [1.82, 2.24) is 10.2 Å². The third-order valence-corrected chi connectivity index (χ3v) is 5.79. The Morgan fingerprint density at radius 3 is 2.57 bits per heavy atom. The van der Waals surface area contributed by atoms with Crippen molar-refractivity contribution < 1.29 is 14.3 Å². The molecule has 2 atom stereocenters. The van der Waals surface area contributed by atoms with Crippen LogP contribution < -0.4 is 5.32 Å². The molecule has 1 amide bonds. The van der Waals surface area contributed by atoms with Gasteiger partial charge in [-0.1, -0.05) is 55.5 Å². The molecule has 2 heterocycles. The Morgan fingerprint density at radius 2 is 1.87 bits per heavy atom. The minimum absolute atomic E-state index is 0.226. The lowest BCUT2D eigenvalue weighted by atomic mass is 9.90. The number of fused-ring (bicyclic) bond motifs is 1. The van der Waals surface area contributed by atoms with Crippen molar-refractivity contribution in [3.05, 3.63) is 70.8 Å². The molecule has 6 heteroatoms. The van der Waals surface area contributed by atoms with Crippen LogP contribution in [0.25, 0.3) is 0 Å². The maximum Gasteiger partial charge on any atom is 0.321 e. The summed E-state index contributed by atoms with van der Waals surface area (Å²) in [5, 5.41) is 2.86. The van der Waals surface area contributed by atoms with Crippen LogP contribution in [0.2, 0.25) is 0 Å². The highest BCUT2D eigenvalue weighted by atomic mass is 16.5. The Morgan fingerprint density at radius 1 is 1.13 bits per heavy atom. The second-order valence-corrected chi connectivity index (χ2v) is 7.65. The summed E-state index contributed by atoms with van der Waals surface area (Å²) in [4.78, 5) is 32.5. The monoisotopic (exact) mass is 405 g/mol. The maximum absolute atomic E-state index is 13.0. The fraction of sp³-hybridized carbons (Fsp3) is 0.375. The van der Waals surface area contributed by atoms with Crippen LogP contribution in [0.15, 0.2) is 53.5 Å². The Balaban J connectivity index is 1.68. The highest BCUT2D eigenvalue weighted by Gasteiger charge is 2.42. The van der Waals surface area contributed by atoms with Gasteiger partial charge in [0.25, 0.3) is 0 Å². The van der Waals surface area contributed by atoms with E-state index in [9.17, 15) is 9.59 Å². The molecule has 0 bridgehead atoms. The highest BCUT2D eigenvalue weighted by Crippen LogP contribution is 2.32. The van der Waals surface area contributed by atoms with Gasteiger partial charge in [0.05, 0.1) is 6.61 Å². The molecule has 0 radical (unpaired) electrons. The third-order valence-electron chi connectivity index (χ3n) is 5.79. The van der Waals surface area contributed by atoms with Crippen molar-refractivity contribution in [3.63, 3.8) is 0 Å². The highest BCUT2D eigenvalue weighted by molar-refractivity contribution is 6.08. The van der Waals surface area contributed by atoms with E-state index in [0.717, 1.165) is 24.9 Å². The number of rotatable bonds is 4. The number of benzene rings is 2. The van der Waals surface area contributed by atoms with Crippen LogP contribution in [-0.2, 0) is 33.7 Å². The van der Waals surface area contributed by atoms with Crippen molar-refractivity contribution >= 4 is 17.8 Å². The predicted molar refractivity (Wildman–Crippen MR) is 115 cm³/mol. The molecule has 0 spiro atoms. The molecule has 0 saturated carbocycles. The number of carbonyl (C=O) groups excluding carboxylic acids is 2. The molecule has 6 nitrogen and oxygen atoms in total. The van der Waals surface area contributed by atoms with E-state index in [2.05, 4.69) is 29.3 Å². The van der Waals surface area contributed by atoms with Gasteiger partial charge >= 0.3 is 5.97 Å². The fourth-order valence-electron chi connectivity index (χ4n) is 4.09. The zero-order valence-electron chi connectivity index (χ0n) is 17.4. The molecular weight excluding hydrogens is 378 g/mol. The van der Waals surface area contributed by atoms with Crippen molar-refractivity contribution in [1.29, 1.82) is 0 Å². The number of ether oxygens (including phenoxy) is 1. The van der Waals surface area contributed by atoms with E-state index in [1.54, 1.807) is 6.92 Å². The summed E-state index contributed by atoms with van der Waals surface area (Å²) in [5.41, 5.74) is 4.60. The molecule has 156 valence electrons. The molecule has 0 aromatic heterocycles. The van der Waals surface area contributed by atoms with Crippen LogP contribution in [0, 0.1) is 5.92 Å². The summed E-state index contributed by atoms with van der Waals surface area (Å²) in [6.07, 6.45) is 1.82. The molecule has 4 rings (SSSR count). The fourth-order valence-corrected chi connectivity index (χ4v) is 4.09. The van der Waals surface area contributed by atoms with Crippen LogP contribution in [0.1, 0.15) is 42.1 Å². The number of hydrogen-bond acceptors (Lipinski definition) is 5. The summed E-state index contributed by atoms with van der Waals surface area (Å²) in [6.45, 7) is 5.50. The first-order valence-corrected chi connectivity index (χ1v) is 10.6. The molecule has 2 aliphatic heterocycles. The molecule has 0 saturated heterocycles. The quantitative estimate of drug-likeness (QED) is 0.627. The molecule has 1 N–H and O–H groups in total. The molecule has 2 aromatic rings. The standard InChI is InChI=1S/C24H27N3O3/c1-3-16-9-11-18(12-10-16)21-20(23(29)30-4-2)22(28)26-24(25-21)27-14-13-17-7-5-6-8-19(17)15-27/h5-12,20-21H,3-4,13-15H2,1-2H3,(H,25,26,28)/t20-,21+/m1/s1. The largest absolute Gasteiger partial charge is 0.465 e. The van der Waals surface area contributed by atoms with Gasteiger partial charge in [0.2, 0.25) is 11.9 Å². The summed E-state index contributed by atoms with van der Waals surface area (Å²) in [5.74, 6) is -1.36. The van der Waals surface area contributed by atoms with Gasteiger partial charge in [0.15, 0.2) is 5.92 Å². The second-order valence-electron chi connectivity index (χ2n) is 7.65. The number of aryl methyl sites for hydroxylation is 1. The Hall–Kier alpha value is -3.15. The van der Waals surface area contributed by atoms with Gasteiger partial charge in [-0.2, -0.15) is 0 Å². The number of nitrogens with zero attached hydrogens (tertiary/aromatic N) is 2. The lowest BCUT2D eigenvalue weighted by Crippen LogP contribution is -2.53. The Kier molecular flexibility index (Phi) is 5.84. The molecular formula is C24H27N3O3. The van der Waals surface area contributed by atoms with E-state index in [0.29, 0.717) is 12.5 Å². The Labute approximate surface area is 176 Å². The number of esters is 1. The molecule has 0 unspecified atom stereocenters. The molecule has 0 aliphatic carbocycles. The molecule has 2 aromatic carbocycles. The predicted octanol–water partition coefficient (Wildman–Crippen LogP) is 3.01. The van der Waals surface area contributed by atoms with Gasteiger partial charge in [0.1, 0.15) is 6.04 Å². The minimum atomic E-state index is -0.988. The van der Waals surface area contributed by atoms with E-state index < -0.39 is 17.9 Å². The van der Waals surface area contributed by atoms with Crippen molar-refractivity contribution in [3.8, 4) is 0 Å². The van der Waals surface area contributed by atoms with E-state index in [1.807, 2.05) is 36.4 Å². The average Bonchev–Trinajstić information content (AvgIpc) is 2.78. The second kappa shape index (κ2) is 8.69. The van der Waals surface area contributed by atoms with Gasteiger partial charge in [-0.05, 0) is 42.0 Å². The van der Waals surface area contributed by atoms with Crippen molar-refractivity contribution in [2.24, 2.45) is 10.9 Å². The average molecular weight is 405 g/mol. The molecule has 0 fully saturated rings. The first kappa shape index (κ1) is 20.1. The number of amides is 1. The summed E-state index contributed by atoms with van der Waals surface area (Å²) in [6, 6.07) is 15.7. The van der Waals surface area contributed by atoms with E-state index in [1.165, 1.54) is 16.7 Å². The first-order valence-electron chi connectivity index (χ1n) is 10.6. The zero-order valence-corrected chi connectivity index (χ0v) is 17.4. The van der Waals surface area contributed by atoms with Crippen LogP contribution >= 0.6 is 0 Å². The number of aliphatic imine (C=N–C) groups is 1. The van der Waals surface area contributed by atoms with E-state index in [-0.39, 0.29) is 12.5 Å². The lowest BCUT2D eigenvalue weighted by Gasteiger charge is -2.36. The van der Waals surface area contributed by atoms with Crippen LogP contribution in [0.3, 0.4) is 0 Å². The SMILES string of the molecule is CCOC(=O)[C@H]1C(=O)NC(N2CCc3ccccc3C2)=N[C@H]1c1ccc(CC)cc1. The van der Waals surface area contributed by atoms with Crippen molar-refractivity contribution in [2.75, 3.05) is 13.2 Å². The normalized spacial score (nSPS) is 20.8. The number of guanidine groups is 1. The number of nitrogens with one attached hydrogen (secondary N) is 1. The molecule has 2 aliphatic rings. The smallest absolute Gasteiger partial charge is 0.321 e. The number of carbonyl (C=O) groups is 2. The summed E-state index contributed by atoms with van der Waals surface area (Å²) < 4.78 is 5.19.